The van der Waals surface area contributed by atoms with E-state index in [-0.39, 0.29) is 16.6 Å². The van der Waals surface area contributed by atoms with Crippen LogP contribution in [0.15, 0.2) is 59.7 Å². The lowest BCUT2D eigenvalue weighted by Crippen LogP contribution is -2.36. The van der Waals surface area contributed by atoms with Crippen LogP contribution in [0.4, 0.5) is 21.6 Å². The number of aromatic amines is 1. The molecule has 1 aliphatic rings. The fourth-order valence-electron chi connectivity index (χ4n) is 3.81. The van der Waals surface area contributed by atoms with Crippen LogP contribution in [0.25, 0.3) is 22.0 Å². The molecule has 3 aromatic heterocycles. The van der Waals surface area contributed by atoms with Gasteiger partial charge in [-0.05, 0) is 49.4 Å². The molecule has 0 amide bonds. The molecule has 0 unspecified atom stereocenters. The minimum atomic E-state index is -0.519. The lowest BCUT2D eigenvalue weighted by Gasteiger charge is -2.28. The highest BCUT2D eigenvalue weighted by Crippen LogP contribution is 2.29. The van der Waals surface area contributed by atoms with Gasteiger partial charge in [0.25, 0.3) is 5.56 Å². The van der Waals surface area contributed by atoms with Crippen LogP contribution in [0.1, 0.15) is 5.69 Å². The van der Waals surface area contributed by atoms with Crippen LogP contribution in [-0.2, 0) is 4.74 Å². The van der Waals surface area contributed by atoms with Crippen LogP contribution in [0.3, 0.4) is 0 Å². The summed E-state index contributed by atoms with van der Waals surface area (Å²) in [6.07, 6.45) is 2.76. The molecule has 0 saturated carbocycles. The number of anilines is 3. The van der Waals surface area contributed by atoms with Crippen LogP contribution in [0.2, 0.25) is 0 Å². The Bertz CT molecular complexity index is 1310. The number of rotatable bonds is 4. The number of nitrogens with zero attached hydrogens (tertiary/aromatic N) is 3. The normalized spacial score (nSPS) is 14.0. The van der Waals surface area contributed by atoms with E-state index < -0.39 is 11.4 Å². The molecule has 4 aromatic rings. The van der Waals surface area contributed by atoms with Crippen molar-refractivity contribution in [2.24, 2.45) is 0 Å². The van der Waals surface area contributed by atoms with E-state index in [0.717, 1.165) is 41.9 Å². The SMILES string of the molecule is Cc1ccc(-c2cc3c(F)c[nH]c(=O)c3c(Nc3ccc(N4CCOCC4)cc3)n2)cn1. The van der Waals surface area contributed by atoms with E-state index in [9.17, 15) is 9.18 Å². The molecule has 162 valence electrons. The molecule has 8 heteroatoms. The molecule has 1 aliphatic heterocycles. The summed E-state index contributed by atoms with van der Waals surface area (Å²) in [6.45, 7) is 5.01. The van der Waals surface area contributed by atoms with Gasteiger partial charge < -0.3 is 19.9 Å². The van der Waals surface area contributed by atoms with Crippen LogP contribution in [0.5, 0.6) is 0 Å². The average molecular weight is 431 g/mol. The number of H-pyrrole nitrogens is 1. The Hall–Kier alpha value is -3.78. The zero-order valence-corrected chi connectivity index (χ0v) is 17.6. The molecule has 0 radical (unpaired) electrons. The van der Waals surface area contributed by atoms with Gasteiger partial charge in [0.05, 0.1) is 24.3 Å². The Morgan fingerprint density at radius 2 is 1.91 bits per heavy atom. The van der Waals surface area contributed by atoms with Gasteiger partial charge >= 0.3 is 0 Å². The lowest BCUT2D eigenvalue weighted by atomic mass is 10.1. The second kappa shape index (κ2) is 8.39. The molecule has 5 rings (SSSR count). The molecule has 2 N–H and O–H groups in total. The maximum absolute atomic E-state index is 14.6. The molecule has 0 bridgehead atoms. The fraction of sp³-hybridized carbons (Fsp3) is 0.208. The molecule has 0 aliphatic carbocycles. The van der Waals surface area contributed by atoms with Gasteiger partial charge in [-0.2, -0.15) is 0 Å². The molecule has 4 heterocycles. The van der Waals surface area contributed by atoms with Crippen molar-refractivity contribution in [3.63, 3.8) is 0 Å². The first-order valence-electron chi connectivity index (χ1n) is 10.4. The van der Waals surface area contributed by atoms with Gasteiger partial charge in [-0.15, -0.1) is 0 Å². The number of aromatic nitrogens is 3. The first-order valence-corrected chi connectivity index (χ1v) is 10.4. The first kappa shape index (κ1) is 20.1. The van der Waals surface area contributed by atoms with E-state index in [4.69, 9.17) is 4.74 Å². The van der Waals surface area contributed by atoms with Gasteiger partial charge in [-0.3, -0.25) is 9.78 Å². The maximum Gasteiger partial charge on any atom is 0.259 e. The number of morpholine rings is 1. The third kappa shape index (κ3) is 3.92. The van der Waals surface area contributed by atoms with E-state index in [1.807, 2.05) is 43.3 Å². The third-order valence-electron chi connectivity index (χ3n) is 5.55. The van der Waals surface area contributed by atoms with Gasteiger partial charge in [0.15, 0.2) is 0 Å². The number of aryl methyl sites for hydroxylation is 1. The number of pyridine rings is 3. The van der Waals surface area contributed by atoms with Gasteiger partial charge in [0, 0.05) is 53.5 Å². The number of fused-ring (bicyclic) bond motifs is 1. The Kier molecular flexibility index (Phi) is 5.28. The van der Waals surface area contributed by atoms with Gasteiger partial charge in [-0.25, -0.2) is 9.37 Å². The Labute approximate surface area is 183 Å². The van der Waals surface area contributed by atoms with Crippen LogP contribution >= 0.6 is 0 Å². The molecule has 0 atom stereocenters. The predicted octanol–water partition coefficient (Wildman–Crippen LogP) is 4.01. The average Bonchev–Trinajstić information content (AvgIpc) is 2.83. The second-order valence-corrected chi connectivity index (χ2v) is 7.70. The van der Waals surface area contributed by atoms with E-state index in [1.165, 1.54) is 0 Å². The lowest BCUT2D eigenvalue weighted by molar-refractivity contribution is 0.122. The molecular weight excluding hydrogens is 409 g/mol. The summed E-state index contributed by atoms with van der Waals surface area (Å²) in [6, 6.07) is 13.2. The van der Waals surface area contributed by atoms with Crippen LogP contribution < -0.4 is 15.8 Å². The van der Waals surface area contributed by atoms with E-state index in [1.54, 1.807) is 12.3 Å². The number of halogens is 1. The van der Waals surface area contributed by atoms with Crippen molar-refractivity contribution in [1.82, 2.24) is 15.0 Å². The Balaban J connectivity index is 1.55. The Morgan fingerprint density at radius 1 is 1.12 bits per heavy atom. The zero-order valence-electron chi connectivity index (χ0n) is 17.6. The van der Waals surface area contributed by atoms with E-state index >= 15 is 0 Å². The van der Waals surface area contributed by atoms with Crippen LogP contribution in [-0.4, -0.2) is 41.3 Å². The zero-order chi connectivity index (χ0) is 22.1. The van der Waals surface area contributed by atoms with Crippen molar-refractivity contribution in [2.45, 2.75) is 6.92 Å². The van der Waals surface area contributed by atoms with Gasteiger partial charge in [0.1, 0.15) is 11.6 Å². The van der Waals surface area contributed by atoms with Gasteiger partial charge in [-0.1, -0.05) is 0 Å². The summed E-state index contributed by atoms with van der Waals surface area (Å²) in [7, 11) is 0. The van der Waals surface area contributed by atoms with Crippen molar-refractivity contribution in [2.75, 3.05) is 36.5 Å². The third-order valence-corrected chi connectivity index (χ3v) is 5.55. The molecule has 32 heavy (non-hydrogen) atoms. The summed E-state index contributed by atoms with van der Waals surface area (Å²) >= 11 is 0. The largest absolute Gasteiger partial charge is 0.378 e. The number of benzene rings is 1. The highest BCUT2D eigenvalue weighted by atomic mass is 19.1. The highest BCUT2D eigenvalue weighted by Gasteiger charge is 2.16. The summed E-state index contributed by atoms with van der Waals surface area (Å²) in [5.74, 6) is -0.230. The summed E-state index contributed by atoms with van der Waals surface area (Å²) in [5.41, 5.74) is 3.58. The smallest absolute Gasteiger partial charge is 0.259 e. The quantitative estimate of drug-likeness (QED) is 0.508. The molecule has 1 fully saturated rings. The standard InChI is InChI=1S/C24H22FN5O2/c1-15-2-3-16(13-26-15)21-12-19-20(25)14-27-24(31)22(19)23(29-21)28-17-4-6-18(7-5-17)30-8-10-32-11-9-30/h2-7,12-14H,8-11H2,1H3,(H,27,31)(H,28,29). The van der Waals surface area contributed by atoms with Crippen LogP contribution in [0, 0.1) is 12.7 Å². The van der Waals surface area contributed by atoms with Crippen molar-refractivity contribution in [3.05, 3.63) is 76.7 Å². The summed E-state index contributed by atoms with van der Waals surface area (Å²) < 4.78 is 20.1. The predicted molar refractivity (Wildman–Crippen MR) is 123 cm³/mol. The van der Waals surface area contributed by atoms with Gasteiger partial charge in [0.2, 0.25) is 0 Å². The van der Waals surface area contributed by atoms with Crippen molar-refractivity contribution in [3.8, 4) is 11.3 Å². The molecule has 1 aromatic carbocycles. The highest BCUT2D eigenvalue weighted by molar-refractivity contribution is 5.95. The number of nitrogens with one attached hydrogen (secondary N) is 2. The molecule has 7 nitrogen and oxygen atoms in total. The Morgan fingerprint density at radius 3 is 2.62 bits per heavy atom. The summed E-state index contributed by atoms with van der Waals surface area (Å²) in [4.78, 5) is 26.2. The number of hydrogen-bond donors (Lipinski definition) is 2. The fourth-order valence-corrected chi connectivity index (χ4v) is 3.81. The van der Waals surface area contributed by atoms with E-state index in [2.05, 4.69) is 25.2 Å². The van der Waals surface area contributed by atoms with Crippen molar-refractivity contribution < 1.29 is 9.13 Å². The monoisotopic (exact) mass is 431 g/mol. The number of hydrogen-bond acceptors (Lipinski definition) is 6. The first-order chi connectivity index (χ1) is 15.6. The molecule has 0 spiro atoms. The molecular formula is C24H22FN5O2. The minimum Gasteiger partial charge on any atom is -0.378 e. The van der Waals surface area contributed by atoms with Crippen molar-refractivity contribution in [1.29, 1.82) is 0 Å². The number of ether oxygens (including phenoxy) is 1. The van der Waals surface area contributed by atoms with E-state index in [0.29, 0.717) is 18.9 Å². The maximum atomic E-state index is 14.6. The minimum absolute atomic E-state index is 0.172. The summed E-state index contributed by atoms with van der Waals surface area (Å²) in [5, 5.41) is 3.58. The second-order valence-electron chi connectivity index (χ2n) is 7.70. The topological polar surface area (TPSA) is 83.1 Å². The molecule has 1 saturated heterocycles. The van der Waals surface area contributed by atoms with Crippen molar-refractivity contribution >= 4 is 28.0 Å².